The van der Waals surface area contributed by atoms with Crippen LogP contribution in [0.5, 0.6) is 0 Å². The molecule has 1 aliphatic heterocycles. The van der Waals surface area contributed by atoms with Gasteiger partial charge in [0.05, 0.1) is 0 Å². The highest BCUT2D eigenvalue weighted by molar-refractivity contribution is 5.79. The van der Waals surface area contributed by atoms with Crippen LogP contribution in [0.15, 0.2) is 0 Å². The molecule has 1 saturated heterocycles. The average molecular weight is 236 g/mol. The molecule has 0 aromatic carbocycles. The fourth-order valence-corrected chi connectivity index (χ4v) is 3.86. The minimum absolute atomic E-state index is 0.307. The lowest BCUT2D eigenvalue weighted by Gasteiger charge is -2.37. The number of hydrogen-bond acceptors (Lipinski definition) is 2. The van der Waals surface area contributed by atoms with Crippen molar-refractivity contribution in [3.8, 4) is 0 Å². The number of amides is 1. The maximum atomic E-state index is 12.4. The molecule has 1 heterocycles. The Balaban J connectivity index is 1.58. The van der Waals surface area contributed by atoms with Gasteiger partial charge in [-0.2, -0.15) is 0 Å². The molecule has 3 rings (SSSR count). The first-order valence-corrected chi connectivity index (χ1v) is 7.23. The second kappa shape index (κ2) is 4.27. The predicted molar refractivity (Wildman–Crippen MR) is 67.3 cm³/mol. The second-order valence-corrected chi connectivity index (χ2v) is 6.33. The van der Waals surface area contributed by atoms with Gasteiger partial charge < -0.3 is 10.6 Å². The van der Waals surface area contributed by atoms with Crippen molar-refractivity contribution < 1.29 is 4.79 Å². The van der Waals surface area contributed by atoms with Crippen LogP contribution in [0.2, 0.25) is 0 Å². The van der Waals surface area contributed by atoms with E-state index in [4.69, 9.17) is 5.73 Å². The van der Waals surface area contributed by atoms with Crippen molar-refractivity contribution in [2.24, 2.45) is 29.4 Å². The highest BCUT2D eigenvalue weighted by Crippen LogP contribution is 2.54. The quantitative estimate of drug-likeness (QED) is 0.792. The number of piperidine rings is 1. The monoisotopic (exact) mass is 236 g/mol. The Labute approximate surface area is 104 Å². The minimum atomic E-state index is 0.307. The van der Waals surface area contributed by atoms with Gasteiger partial charge in [0, 0.05) is 25.0 Å². The molecule has 96 valence electrons. The van der Waals surface area contributed by atoms with Crippen LogP contribution in [0, 0.1) is 23.7 Å². The molecular weight excluding hydrogens is 212 g/mol. The first-order valence-electron chi connectivity index (χ1n) is 7.23. The summed E-state index contributed by atoms with van der Waals surface area (Å²) in [5.41, 5.74) is 6.10. The van der Waals surface area contributed by atoms with Crippen molar-refractivity contribution in [3.05, 3.63) is 0 Å². The summed E-state index contributed by atoms with van der Waals surface area (Å²) in [5, 5.41) is 0. The molecule has 3 heteroatoms. The van der Waals surface area contributed by atoms with E-state index < -0.39 is 0 Å². The van der Waals surface area contributed by atoms with Gasteiger partial charge in [0.15, 0.2) is 0 Å². The summed E-state index contributed by atoms with van der Waals surface area (Å²) in [6, 6.07) is 0.307. The number of likely N-dealkylation sites (tertiary alicyclic amines) is 1. The number of carbonyl (C=O) groups excluding carboxylic acids is 1. The number of nitrogens with zero attached hydrogens (tertiary/aromatic N) is 1. The average Bonchev–Trinajstić information content (AvgIpc) is 2.96. The molecular formula is C14H24N2O. The highest BCUT2D eigenvalue weighted by Gasteiger charge is 2.49. The third kappa shape index (κ3) is 2.10. The van der Waals surface area contributed by atoms with Crippen LogP contribution in [-0.2, 0) is 4.79 Å². The van der Waals surface area contributed by atoms with E-state index in [9.17, 15) is 4.79 Å². The van der Waals surface area contributed by atoms with Gasteiger partial charge in [-0.25, -0.2) is 0 Å². The van der Waals surface area contributed by atoms with Gasteiger partial charge in [-0.3, -0.25) is 4.79 Å². The predicted octanol–water partition coefficient (Wildman–Crippen LogP) is 1.62. The summed E-state index contributed by atoms with van der Waals surface area (Å²) < 4.78 is 0. The summed E-state index contributed by atoms with van der Waals surface area (Å²) in [5.74, 6) is 3.10. The maximum Gasteiger partial charge on any atom is 0.225 e. The molecule has 0 radical (unpaired) electrons. The van der Waals surface area contributed by atoms with Gasteiger partial charge in [0.25, 0.3) is 0 Å². The van der Waals surface area contributed by atoms with Crippen LogP contribution in [0.4, 0.5) is 0 Å². The molecule has 4 unspecified atom stereocenters. The molecule has 4 atom stereocenters. The van der Waals surface area contributed by atoms with Crippen molar-refractivity contribution in [2.75, 3.05) is 13.1 Å². The van der Waals surface area contributed by atoms with E-state index in [1.165, 1.54) is 19.3 Å². The number of nitrogens with two attached hydrogens (primary N) is 1. The van der Waals surface area contributed by atoms with Crippen LogP contribution >= 0.6 is 0 Å². The summed E-state index contributed by atoms with van der Waals surface area (Å²) in [7, 11) is 0. The van der Waals surface area contributed by atoms with Gasteiger partial charge in [-0.15, -0.1) is 0 Å². The largest absolute Gasteiger partial charge is 0.342 e. The Kier molecular flexibility index (Phi) is 2.89. The van der Waals surface area contributed by atoms with Gasteiger partial charge in [-0.1, -0.05) is 13.3 Å². The van der Waals surface area contributed by atoms with Crippen LogP contribution < -0.4 is 5.73 Å². The van der Waals surface area contributed by atoms with Gasteiger partial charge in [-0.05, 0) is 43.4 Å². The first-order chi connectivity index (χ1) is 8.19. The lowest BCUT2D eigenvalue weighted by Crippen LogP contribution is -2.50. The lowest BCUT2D eigenvalue weighted by atomic mass is 9.89. The zero-order chi connectivity index (χ0) is 12.0. The Morgan fingerprint density at radius 3 is 2.65 bits per heavy atom. The molecule has 0 bridgehead atoms. The SMILES string of the molecule is CCC1CN(C(=O)C2CC3CC3C2)CCC1N. The fraction of sp³-hybridized carbons (Fsp3) is 0.929. The van der Waals surface area contributed by atoms with Gasteiger partial charge in [0.2, 0.25) is 5.91 Å². The number of hydrogen-bond donors (Lipinski definition) is 1. The van der Waals surface area contributed by atoms with Crippen molar-refractivity contribution >= 4 is 5.91 Å². The van der Waals surface area contributed by atoms with Crippen LogP contribution in [0.25, 0.3) is 0 Å². The summed E-state index contributed by atoms with van der Waals surface area (Å²) in [6.45, 7) is 3.98. The number of carbonyl (C=O) groups is 1. The van der Waals surface area contributed by atoms with Crippen molar-refractivity contribution in [3.63, 3.8) is 0 Å². The van der Waals surface area contributed by atoms with E-state index in [-0.39, 0.29) is 0 Å². The smallest absolute Gasteiger partial charge is 0.225 e. The van der Waals surface area contributed by atoms with Crippen LogP contribution in [-0.4, -0.2) is 29.9 Å². The number of fused-ring (bicyclic) bond motifs is 1. The molecule has 1 amide bonds. The molecule has 2 saturated carbocycles. The van der Waals surface area contributed by atoms with E-state index in [1.807, 2.05) is 0 Å². The Bertz CT molecular complexity index is 307. The summed E-state index contributed by atoms with van der Waals surface area (Å²) in [4.78, 5) is 14.5. The van der Waals surface area contributed by atoms with Gasteiger partial charge in [0.1, 0.15) is 0 Å². The Morgan fingerprint density at radius 1 is 1.29 bits per heavy atom. The second-order valence-electron chi connectivity index (χ2n) is 6.33. The van der Waals surface area contributed by atoms with E-state index in [2.05, 4.69) is 11.8 Å². The summed E-state index contributed by atoms with van der Waals surface area (Å²) in [6.07, 6.45) is 5.82. The van der Waals surface area contributed by atoms with Crippen LogP contribution in [0.3, 0.4) is 0 Å². The minimum Gasteiger partial charge on any atom is -0.342 e. The molecule has 2 N–H and O–H groups in total. The molecule has 3 aliphatic rings. The normalized spacial score (nSPS) is 44.6. The van der Waals surface area contributed by atoms with E-state index in [1.54, 1.807) is 0 Å². The first kappa shape index (κ1) is 11.5. The molecule has 2 aliphatic carbocycles. The molecule has 0 spiro atoms. The van der Waals surface area contributed by atoms with E-state index >= 15 is 0 Å². The van der Waals surface area contributed by atoms with E-state index in [0.717, 1.165) is 37.8 Å². The zero-order valence-electron chi connectivity index (χ0n) is 10.8. The fourth-order valence-electron chi connectivity index (χ4n) is 3.86. The molecule has 3 nitrogen and oxygen atoms in total. The van der Waals surface area contributed by atoms with Crippen molar-refractivity contribution in [2.45, 2.75) is 45.1 Å². The topological polar surface area (TPSA) is 46.3 Å². The standard InChI is InChI=1S/C14H24N2O/c1-2-9-8-16(4-3-13(9)15)14(17)12-6-10-5-11(10)7-12/h9-13H,2-8,15H2,1H3. The Morgan fingerprint density at radius 2 is 2.00 bits per heavy atom. The third-order valence-corrected chi connectivity index (χ3v) is 5.22. The third-order valence-electron chi connectivity index (χ3n) is 5.22. The summed E-state index contributed by atoms with van der Waals surface area (Å²) >= 11 is 0. The Hall–Kier alpha value is -0.570. The van der Waals surface area contributed by atoms with Crippen molar-refractivity contribution in [1.82, 2.24) is 4.90 Å². The van der Waals surface area contributed by atoms with Crippen molar-refractivity contribution in [1.29, 1.82) is 0 Å². The van der Waals surface area contributed by atoms with E-state index in [0.29, 0.717) is 23.8 Å². The molecule has 0 aromatic rings. The highest BCUT2D eigenvalue weighted by atomic mass is 16.2. The molecule has 0 aromatic heterocycles. The van der Waals surface area contributed by atoms with Crippen LogP contribution in [0.1, 0.15) is 39.0 Å². The molecule has 17 heavy (non-hydrogen) atoms. The molecule has 3 fully saturated rings. The number of rotatable bonds is 2. The van der Waals surface area contributed by atoms with Gasteiger partial charge >= 0.3 is 0 Å². The maximum absolute atomic E-state index is 12.4. The lowest BCUT2D eigenvalue weighted by molar-refractivity contribution is -0.137. The zero-order valence-corrected chi connectivity index (χ0v) is 10.8.